The van der Waals surface area contributed by atoms with Gasteiger partial charge in [0.1, 0.15) is 11.5 Å². The molecule has 3 rings (SSSR count). The van der Waals surface area contributed by atoms with Crippen LogP contribution in [0, 0.1) is 5.82 Å². The first-order valence-electron chi connectivity index (χ1n) is 9.64. The van der Waals surface area contributed by atoms with Crippen molar-refractivity contribution < 1.29 is 18.3 Å². The van der Waals surface area contributed by atoms with Crippen LogP contribution in [0.4, 0.5) is 4.39 Å². The van der Waals surface area contributed by atoms with Crippen molar-refractivity contribution in [3.05, 3.63) is 66.3 Å². The van der Waals surface area contributed by atoms with Gasteiger partial charge in [0, 0.05) is 24.0 Å². The molecule has 146 valence electrons. The Bertz CT molecular complexity index is 888. The number of rotatable bonds is 9. The summed E-state index contributed by atoms with van der Waals surface area (Å²) in [5, 5.41) is 0. The maximum absolute atomic E-state index is 13.3. The molecule has 0 aliphatic rings. The average molecular weight is 381 g/mol. The number of hydrogen-bond acceptors (Lipinski definition) is 4. The van der Waals surface area contributed by atoms with E-state index in [4.69, 9.17) is 9.15 Å². The minimum absolute atomic E-state index is 0.149. The van der Waals surface area contributed by atoms with Crippen molar-refractivity contribution in [1.82, 2.24) is 4.98 Å². The lowest BCUT2D eigenvalue weighted by Gasteiger charge is -2.01. The highest BCUT2D eigenvalue weighted by Gasteiger charge is 2.16. The van der Waals surface area contributed by atoms with Gasteiger partial charge in [0.25, 0.3) is 0 Å². The zero-order valence-corrected chi connectivity index (χ0v) is 16.0. The fourth-order valence-corrected chi connectivity index (χ4v) is 3.02. The molecule has 0 N–H and O–H groups in total. The molecule has 5 heteroatoms. The van der Waals surface area contributed by atoms with Gasteiger partial charge in [-0.3, -0.25) is 4.79 Å². The topological polar surface area (TPSA) is 52.3 Å². The molecule has 0 saturated carbocycles. The van der Waals surface area contributed by atoms with E-state index in [-0.39, 0.29) is 11.8 Å². The summed E-state index contributed by atoms with van der Waals surface area (Å²) in [6.45, 7) is 2.23. The van der Waals surface area contributed by atoms with E-state index >= 15 is 0 Å². The minimum Gasteiger partial charge on any atom is -0.466 e. The number of hydrogen-bond donors (Lipinski definition) is 0. The van der Waals surface area contributed by atoms with E-state index in [0.29, 0.717) is 31.1 Å². The van der Waals surface area contributed by atoms with Crippen molar-refractivity contribution in [2.24, 2.45) is 0 Å². The molecule has 0 aliphatic heterocycles. The molecule has 0 bridgehead atoms. The summed E-state index contributed by atoms with van der Waals surface area (Å²) >= 11 is 0. The second-order valence-corrected chi connectivity index (χ2v) is 6.52. The van der Waals surface area contributed by atoms with Gasteiger partial charge in [0.2, 0.25) is 0 Å². The minimum atomic E-state index is -0.286. The molecule has 1 aromatic heterocycles. The lowest BCUT2D eigenvalue weighted by Crippen LogP contribution is -2.03. The molecule has 0 saturated heterocycles. The summed E-state index contributed by atoms with van der Waals surface area (Å²) in [6, 6.07) is 16.1. The zero-order chi connectivity index (χ0) is 19.8. The number of nitrogens with zero attached hydrogens (tertiary/aromatic N) is 1. The number of carbonyl (C=O) groups is 1. The van der Waals surface area contributed by atoms with E-state index in [1.54, 1.807) is 12.1 Å². The number of aryl methyl sites for hydroxylation is 1. The Morgan fingerprint density at radius 3 is 2.46 bits per heavy atom. The van der Waals surface area contributed by atoms with E-state index in [9.17, 15) is 9.18 Å². The van der Waals surface area contributed by atoms with Gasteiger partial charge in [0.05, 0.1) is 6.61 Å². The van der Waals surface area contributed by atoms with Crippen molar-refractivity contribution >= 4 is 5.97 Å². The van der Waals surface area contributed by atoms with Gasteiger partial charge in [-0.1, -0.05) is 36.8 Å². The molecule has 0 aliphatic carbocycles. The third kappa shape index (κ3) is 5.28. The summed E-state index contributed by atoms with van der Waals surface area (Å²) in [5.41, 5.74) is 2.51. The molecule has 0 amide bonds. The first kappa shape index (κ1) is 19.8. The van der Waals surface area contributed by atoms with E-state index < -0.39 is 0 Å². The number of unbranched alkanes of at least 4 members (excludes halogenated alkanes) is 2. The van der Waals surface area contributed by atoms with Crippen LogP contribution in [0.3, 0.4) is 0 Å². The summed E-state index contributed by atoms with van der Waals surface area (Å²) in [4.78, 5) is 16.1. The summed E-state index contributed by atoms with van der Waals surface area (Å²) in [5.74, 6) is 0.858. The number of ether oxygens (including phenoxy) is 1. The van der Waals surface area contributed by atoms with Crippen LogP contribution in [0.1, 0.15) is 38.5 Å². The molecule has 1 heterocycles. The van der Waals surface area contributed by atoms with E-state index in [1.165, 1.54) is 12.1 Å². The maximum Gasteiger partial charge on any atom is 0.305 e. The fourth-order valence-electron chi connectivity index (χ4n) is 3.02. The fraction of sp³-hybridized carbons (Fsp3) is 0.304. The summed E-state index contributed by atoms with van der Waals surface area (Å²) in [7, 11) is 0. The normalized spacial score (nSPS) is 10.8. The summed E-state index contributed by atoms with van der Waals surface area (Å²) < 4.78 is 24.3. The van der Waals surface area contributed by atoms with Crippen molar-refractivity contribution in [2.45, 2.75) is 39.0 Å². The SMILES string of the molecule is CCOC(=O)CCCCCc1nc(-c2ccccc2)c(-c2ccc(F)cc2)o1. The van der Waals surface area contributed by atoms with Gasteiger partial charge >= 0.3 is 5.97 Å². The molecule has 3 aromatic rings. The Balaban J connectivity index is 1.71. The van der Waals surface area contributed by atoms with Gasteiger partial charge in [0.15, 0.2) is 11.7 Å². The highest BCUT2D eigenvalue weighted by Crippen LogP contribution is 2.33. The largest absolute Gasteiger partial charge is 0.466 e. The van der Waals surface area contributed by atoms with Crippen LogP contribution in [0.25, 0.3) is 22.6 Å². The third-order valence-electron chi connectivity index (χ3n) is 4.40. The highest BCUT2D eigenvalue weighted by atomic mass is 19.1. The van der Waals surface area contributed by atoms with Crippen molar-refractivity contribution in [3.63, 3.8) is 0 Å². The molecule has 0 spiro atoms. The number of aromatic nitrogens is 1. The van der Waals surface area contributed by atoms with Gasteiger partial charge in [-0.15, -0.1) is 0 Å². The first-order valence-corrected chi connectivity index (χ1v) is 9.64. The Morgan fingerprint density at radius 2 is 1.75 bits per heavy atom. The number of benzene rings is 2. The predicted molar refractivity (Wildman–Crippen MR) is 106 cm³/mol. The van der Waals surface area contributed by atoms with Crippen molar-refractivity contribution in [3.8, 4) is 22.6 Å². The zero-order valence-electron chi connectivity index (χ0n) is 16.0. The molecule has 4 nitrogen and oxygen atoms in total. The quantitative estimate of drug-likeness (QED) is 0.346. The molecule has 0 fully saturated rings. The van der Waals surface area contributed by atoms with E-state index in [1.807, 2.05) is 37.3 Å². The number of esters is 1. The molecular weight excluding hydrogens is 357 g/mol. The Labute approximate surface area is 164 Å². The van der Waals surface area contributed by atoms with Gasteiger partial charge < -0.3 is 9.15 Å². The van der Waals surface area contributed by atoms with Crippen LogP contribution in [-0.4, -0.2) is 17.6 Å². The molecule has 0 unspecified atom stereocenters. The van der Waals surface area contributed by atoms with E-state index in [0.717, 1.165) is 36.1 Å². The second kappa shape index (κ2) is 9.83. The van der Waals surface area contributed by atoms with Gasteiger partial charge in [-0.05, 0) is 44.0 Å². The van der Waals surface area contributed by atoms with E-state index in [2.05, 4.69) is 4.98 Å². The monoisotopic (exact) mass is 381 g/mol. The third-order valence-corrected chi connectivity index (χ3v) is 4.40. The second-order valence-electron chi connectivity index (χ2n) is 6.52. The van der Waals surface area contributed by atoms with Crippen LogP contribution in [0.5, 0.6) is 0 Å². The summed E-state index contributed by atoms with van der Waals surface area (Å²) in [6.07, 6.45) is 3.68. The lowest BCUT2D eigenvalue weighted by molar-refractivity contribution is -0.143. The number of halogens is 1. The Morgan fingerprint density at radius 1 is 1.00 bits per heavy atom. The standard InChI is InChI=1S/C23H24FNO3/c1-2-27-21(26)12-8-4-7-11-20-25-22(17-9-5-3-6-10-17)23(28-20)18-13-15-19(24)16-14-18/h3,5-6,9-10,13-16H,2,4,7-8,11-12H2,1H3. The molecule has 0 radical (unpaired) electrons. The maximum atomic E-state index is 13.3. The number of carbonyl (C=O) groups excluding carboxylic acids is 1. The Hall–Kier alpha value is -2.95. The van der Waals surface area contributed by atoms with Crippen LogP contribution in [-0.2, 0) is 16.0 Å². The predicted octanol–water partition coefficient (Wildman–Crippen LogP) is 5.81. The first-order chi connectivity index (χ1) is 13.7. The van der Waals surface area contributed by atoms with Gasteiger partial charge in [-0.25, -0.2) is 9.37 Å². The van der Waals surface area contributed by atoms with Crippen LogP contribution < -0.4 is 0 Å². The number of oxazole rings is 1. The van der Waals surface area contributed by atoms with Crippen molar-refractivity contribution in [1.29, 1.82) is 0 Å². The Kier molecular flexibility index (Phi) is 6.95. The average Bonchev–Trinajstić information content (AvgIpc) is 3.13. The lowest BCUT2D eigenvalue weighted by atomic mass is 10.1. The van der Waals surface area contributed by atoms with Crippen molar-refractivity contribution in [2.75, 3.05) is 6.61 Å². The van der Waals surface area contributed by atoms with Crippen LogP contribution in [0.2, 0.25) is 0 Å². The smallest absolute Gasteiger partial charge is 0.305 e. The highest BCUT2D eigenvalue weighted by molar-refractivity contribution is 5.76. The molecule has 2 aromatic carbocycles. The van der Waals surface area contributed by atoms with Crippen LogP contribution in [0.15, 0.2) is 59.0 Å². The molecular formula is C23H24FNO3. The van der Waals surface area contributed by atoms with Crippen LogP contribution >= 0.6 is 0 Å². The van der Waals surface area contributed by atoms with Gasteiger partial charge in [-0.2, -0.15) is 0 Å². The molecule has 28 heavy (non-hydrogen) atoms. The molecule has 0 atom stereocenters.